The highest BCUT2D eigenvalue weighted by atomic mass is 127. The van der Waals surface area contributed by atoms with Crippen molar-refractivity contribution in [3.8, 4) is 6.07 Å². The van der Waals surface area contributed by atoms with Crippen molar-refractivity contribution in [1.29, 1.82) is 5.26 Å². The van der Waals surface area contributed by atoms with Crippen LogP contribution in [-0.4, -0.2) is 4.98 Å². The third-order valence-electron chi connectivity index (χ3n) is 1.57. The molecule has 3 nitrogen and oxygen atoms in total. The lowest BCUT2D eigenvalue weighted by molar-refractivity contribution is 0.150. The Balaban J connectivity index is 3.34. The van der Waals surface area contributed by atoms with E-state index in [0.717, 1.165) is 6.07 Å². The molecule has 0 bridgehead atoms. The molecule has 0 fully saturated rings. The topological polar surface area (TPSA) is 56.6 Å². The monoisotopic (exact) mass is 310 g/mol. The first kappa shape index (κ1) is 11.1. The molecule has 0 aliphatic heterocycles. The van der Waals surface area contributed by atoms with E-state index in [1.807, 2.05) is 0 Å². The number of aromatic nitrogens is 1. The predicted octanol–water partition coefficient (Wildman–Crippen LogP) is 1.98. The third-order valence-corrected chi connectivity index (χ3v) is 2.84. The van der Waals surface area contributed by atoms with Gasteiger partial charge in [-0.15, -0.1) is 0 Å². The van der Waals surface area contributed by atoms with E-state index in [0.29, 0.717) is 0 Å². The summed E-state index contributed by atoms with van der Waals surface area (Å²) in [5, 5.41) is 8.40. The molecular formula is C8H5F2IN2O. The average Bonchev–Trinajstić information content (AvgIpc) is 2.10. The molecule has 1 heterocycles. The molecule has 0 saturated heterocycles. The van der Waals surface area contributed by atoms with E-state index in [4.69, 9.17) is 5.26 Å². The zero-order chi connectivity index (χ0) is 10.7. The number of rotatable bonds is 2. The van der Waals surface area contributed by atoms with E-state index >= 15 is 0 Å². The smallest absolute Gasteiger partial charge is 0.265 e. The van der Waals surface area contributed by atoms with E-state index in [1.165, 1.54) is 0 Å². The molecule has 0 aliphatic rings. The molecule has 0 radical (unpaired) electrons. The molecule has 6 heteroatoms. The predicted molar refractivity (Wildman–Crippen MR) is 54.1 cm³/mol. The van der Waals surface area contributed by atoms with Crippen LogP contribution in [0.5, 0.6) is 0 Å². The van der Waals surface area contributed by atoms with Crippen LogP contribution in [0, 0.1) is 14.9 Å². The Kier molecular flexibility index (Phi) is 3.57. The van der Waals surface area contributed by atoms with Crippen LogP contribution in [0.2, 0.25) is 0 Å². The van der Waals surface area contributed by atoms with E-state index in [2.05, 4.69) is 4.98 Å². The molecule has 0 amide bonds. The first-order valence-corrected chi connectivity index (χ1v) is 4.71. The normalized spacial score (nSPS) is 10.2. The second kappa shape index (κ2) is 4.50. The molecule has 0 unspecified atom stereocenters. The standard InChI is InChI=1S/C8H5F2IN2O/c9-8(10)4-3-6(14)13-5(1-2-12)7(4)11/h3,8H,1H2,(H,13,14). The molecule has 0 aromatic carbocycles. The summed E-state index contributed by atoms with van der Waals surface area (Å²) in [6.45, 7) is 0. The zero-order valence-electron chi connectivity index (χ0n) is 6.85. The number of nitriles is 1. The highest BCUT2D eigenvalue weighted by Crippen LogP contribution is 2.24. The van der Waals surface area contributed by atoms with Crippen molar-refractivity contribution < 1.29 is 8.78 Å². The minimum atomic E-state index is -2.69. The fourth-order valence-electron chi connectivity index (χ4n) is 0.978. The molecule has 0 atom stereocenters. The van der Waals surface area contributed by atoms with E-state index < -0.39 is 12.0 Å². The highest BCUT2D eigenvalue weighted by molar-refractivity contribution is 14.1. The van der Waals surface area contributed by atoms with E-state index in [-0.39, 0.29) is 21.2 Å². The Labute approximate surface area is 91.9 Å². The Morgan fingerprint density at radius 2 is 2.29 bits per heavy atom. The molecular weight excluding hydrogens is 305 g/mol. The van der Waals surface area contributed by atoms with Gasteiger partial charge in [-0.05, 0) is 22.6 Å². The summed E-state index contributed by atoms with van der Waals surface area (Å²) < 4.78 is 25.0. The van der Waals surface area contributed by atoms with Gasteiger partial charge in [0.05, 0.1) is 12.5 Å². The van der Waals surface area contributed by atoms with Gasteiger partial charge >= 0.3 is 0 Å². The summed E-state index contributed by atoms with van der Waals surface area (Å²) in [5.74, 6) is 0. The van der Waals surface area contributed by atoms with Crippen LogP contribution in [0.1, 0.15) is 17.7 Å². The summed E-state index contributed by atoms with van der Waals surface area (Å²) in [6.07, 6.45) is -2.77. The fourth-order valence-corrected chi connectivity index (χ4v) is 1.69. The van der Waals surface area contributed by atoms with Crippen molar-refractivity contribution in [3.05, 3.63) is 31.2 Å². The van der Waals surface area contributed by atoms with Gasteiger partial charge in [-0.25, -0.2) is 8.78 Å². The summed E-state index contributed by atoms with van der Waals surface area (Å²) >= 11 is 1.69. The van der Waals surface area contributed by atoms with Gasteiger partial charge in [0.15, 0.2) is 0 Å². The molecule has 1 N–H and O–H groups in total. The molecule has 0 saturated carbocycles. The van der Waals surface area contributed by atoms with Crippen LogP contribution >= 0.6 is 22.6 Å². The first-order valence-electron chi connectivity index (χ1n) is 3.63. The zero-order valence-corrected chi connectivity index (χ0v) is 9.01. The quantitative estimate of drug-likeness (QED) is 0.849. The van der Waals surface area contributed by atoms with Gasteiger partial charge in [0.2, 0.25) is 5.56 Å². The Bertz CT molecular complexity index is 436. The number of H-pyrrole nitrogens is 1. The number of halogens is 3. The summed E-state index contributed by atoms with van der Waals surface area (Å²) in [4.78, 5) is 13.3. The van der Waals surface area contributed by atoms with E-state index in [9.17, 15) is 13.6 Å². The van der Waals surface area contributed by atoms with Crippen molar-refractivity contribution in [2.75, 3.05) is 0 Å². The second-order valence-corrected chi connectivity index (χ2v) is 3.60. The lowest BCUT2D eigenvalue weighted by Gasteiger charge is -2.05. The number of pyridine rings is 1. The van der Waals surface area contributed by atoms with Crippen LogP contribution in [-0.2, 0) is 6.42 Å². The Morgan fingerprint density at radius 1 is 1.64 bits per heavy atom. The first-order chi connectivity index (χ1) is 6.56. The maximum absolute atomic E-state index is 12.4. The number of alkyl halides is 2. The molecule has 0 aliphatic carbocycles. The van der Waals surface area contributed by atoms with Crippen molar-refractivity contribution in [1.82, 2.24) is 4.98 Å². The molecule has 74 valence electrons. The summed E-state index contributed by atoms with van der Waals surface area (Å²) in [6, 6.07) is 2.65. The lowest BCUT2D eigenvalue weighted by atomic mass is 10.2. The van der Waals surface area contributed by atoms with Gasteiger partial charge in [-0.3, -0.25) is 4.79 Å². The lowest BCUT2D eigenvalue weighted by Crippen LogP contribution is -2.12. The van der Waals surface area contributed by atoms with Crippen molar-refractivity contribution in [2.24, 2.45) is 0 Å². The molecule has 0 spiro atoms. The Morgan fingerprint density at radius 3 is 2.79 bits per heavy atom. The molecule has 14 heavy (non-hydrogen) atoms. The van der Waals surface area contributed by atoms with E-state index in [1.54, 1.807) is 28.7 Å². The third kappa shape index (κ3) is 2.29. The summed E-state index contributed by atoms with van der Waals surface area (Å²) in [5.41, 5.74) is -0.679. The minimum Gasteiger partial charge on any atom is -0.324 e. The van der Waals surface area contributed by atoms with Crippen LogP contribution in [0.15, 0.2) is 10.9 Å². The number of nitrogens with zero attached hydrogens (tertiary/aromatic N) is 1. The van der Waals surface area contributed by atoms with Crippen molar-refractivity contribution >= 4 is 22.6 Å². The van der Waals surface area contributed by atoms with Gasteiger partial charge in [0.1, 0.15) is 0 Å². The average molecular weight is 310 g/mol. The maximum Gasteiger partial charge on any atom is 0.265 e. The molecule has 1 rings (SSSR count). The maximum atomic E-state index is 12.4. The SMILES string of the molecule is N#CCc1[nH]c(=O)cc(C(F)F)c1I. The van der Waals surface area contributed by atoms with Crippen molar-refractivity contribution in [2.45, 2.75) is 12.8 Å². The van der Waals surface area contributed by atoms with Gasteiger partial charge in [0, 0.05) is 20.9 Å². The highest BCUT2D eigenvalue weighted by Gasteiger charge is 2.15. The van der Waals surface area contributed by atoms with Crippen LogP contribution in [0.25, 0.3) is 0 Å². The van der Waals surface area contributed by atoms with Gasteiger partial charge in [-0.1, -0.05) is 0 Å². The van der Waals surface area contributed by atoms with Gasteiger partial charge in [0.25, 0.3) is 6.43 Å². The van der Waals surface area contributed by atoms with Crippen LogP contribution in [0.4, 0.5) is 8.78 Å². The fraction of sp³-hybridized carbons (Fsp3) is 0.250. The van der Waals surface area contributed by atoms with Gasteiger partial charge < -0.3 is 4.98 Å². The second-order valence-electron chi connectivity index (χ2n) is 2.52. The largest absolute Gasteiger partial charge is 0.324 e. The number of nitrogens with one attached hydrogen (secondary N) is 1. The van der Waals surface area contributed by atoms with Crippen LogP contribution < -0.4 is 5.56 Å². The molecule has 1 aromatic heterocycles. The number of aromatic amines is 1. The molecule has 1 aromatic rings. The Hall–Kier alpha value is -0.970. The summed E-state index contributed by atoms with van der Waals surface area (Å²) in [7, 11) is 0. The van der Waals surface area contributed by atoms with Gasteiger partial charge in [-0.2, -0.15) is 5.26 Å². The van der Waals surface area contributed by atoms with Crippen LogP contribution in [0.3, 0.4) is 0 Å². The number of hydrogen-bond acceptors (Lipinski definition) is 2. The van der Waals surface area contributed by atoms with Crippen molar-refractivity contribution in [3.63, 3.8) is 0 Å². The number of hydrogen-bond donors (Lipinski definition) is 1. The minimum absolute atomic E-state index is 0.0753.